The van der Waals surface area contributed by atoms with E-state index in [2.05, 4.69) is 24.5 Å². The Balaban J connectivity index is 1.86. The smallest absolute Gasteiger partial charge is 0.281 e. The quantitative estimate of drug-likeness (QED) is 0.382. The van der Waals surface area contributed by atoms with Gasteiger partial charge in [-0.25, -0.2) is 26.5 Å². The van der Waals surface area contributed by atoms with E-state index in [9.17, 15) is 26.7 Å². The first-order chi connectivity index (χ1) is 17.6. The number of aryl methyl sites for hydroxylation is 1. The minimum atomic E-state index is -4.30. The van der Waals surface area contributed by atoms with E-state index in [1.165, 1.54) is 55.1 Å². The lowest BCUT2D eigenvalue weighted by molar-refractivity contribution is 0.444. The fourth-order valence-electron chi connectivity index (χ4n) is 3.43. The van der Waals surface area contributed by atoms with Gasteiger partial charge >= 0.3 is 0 Å². The molecule has 1 aromatic carbocycles. The average Bonchev–Trinajstić information content (AvgIpc) is 3.32. The number of fused-ring (bicyclic) bond motifs is 1. The van der Waals surface area contributed by atoms with Gasteiger partial charge in [-0.2, -0.15) is 5.10 Å². The molecule has 0 spiro atoms. The first-order valence-electron chi connectivity index (χ1n) is 11.6. The number of nitrogens with one attached hydrogen (secondary N) is 2. The molecule has 0 saturated heterocycles. The Bertz CT molecular complexity index is 1690. The highest BCUT2D eigenvalue weighted by Gasteiger charge is 2.33. The number of benzene rings is 1. The van der Waals surface area contributed by atoms with Crippen molar-refractivity contribution in [1.82, 2.24) is 19.5 Å². The number of aromatic nitrogens is 3. The summed E-state index contributed by atoms with van der Waals surface area (Å²) in [6.07, 6.45) is 2.10. The number of sulfonamides is 2. The average molecular weight is 581 g/mol. The summed E-state index contributed by atoms with van der Waals surface area (Å²) >= 11 is 1.20. The van der Waals surface area contributed by atoms with Gasteiger partial charge in [-0.05, 0) is 51.3 Å². The van der Waals surface area contributed by atoms with E-state index in [0.29, 0.717) is 11.3 Å². The Labute approximate surface area is 224 Å². The summed E-state index contributed by atoms with van der Waals surface area (Å²) in [5, 5.41) is 15.4. The van der Waals surface area contributed by atoms with Crippen molar-refractivity contribution in [2.75, 3.05) is 4.72 Å². The maximum absolute atomic E-state index is 13.4. The van der Waals surface area contributed by atoms with Crippen molar-refractivity contribution in [1.29, 1.82) is 0 Å². The minimum Gasteiger partial charge on any atom is -0.505 e. The largest absolute Gasteiger partial charge is 0.505 e. The molecule has 204 valence electrons. The molecule has 0 radical (unpaired) electrons. The molecule has 0 saturated carbocycles. The first kappa shape index (κ1) is 27.7. The van der Waals surface area contributed by atoms with Gasteiger partial charge in [0.05, 0.1) is 26.5 Å². The molecule has 3 N–H and O–H groups in total. The molecule has 0 amide bonds. The van der Waals surface area contributed by atoms with E-state index in [-0.39, 0.29) is 45.8 Å². The highest BCUT2D eigenvalue weighted by Crippen LogP contribution is 2.35. The Morgan fingerprint density at radius 1 is 1.24 bits per heavy atom. The van der Waals surface area contributed by atoms with Gasteiger partial charge in [0.25, 0.3) is 15.6 Å². The molecule has 38 heavy (non-hydrogen) atoms. The lowest BCUT2D eigenvalue weighted by atomic mass is 10.1. The third-order valence-corrected chi connectivity index (χ3v) is 9.99. The lowest BCUT2D eigenvalue weighted by Crippen LogP contribution is -2.40. The molecule has 0 aliphatic carbocycles. The molecule has 0 bridgehead atoms. The second-order valence-electron chi connectivity index (χ2n) is 10.1. The van der Waals surface area contributed by atoms with E-state index in [4.69, 9.17) is 0 Å². The number of amidine groups is 1. The van der Waals surface area contributed by atoms with Crippen LogP contribution in [0.5, 0.6) is 5.75 Å². The SMILES string of the molecule is CC(C)CCn1nc(-c2cncs2)c(O)c(C2=Nc3ccc(NS(=O)(=O)C(C)(C)C)cc3S(=O)(=O)N2)c1=O. The number of nitrogens with zero attached hydrogens (tertiary/aromatic N) is 4. The maximum atomic E-state index is 13.4. The van der Waals surface area contributed by atoms with E-state index in [1.54, 1.807) is 5.51 Å². The number of thiazole rings is 1. The van der Waals surface area contributed by atoms with Crippen LogP contribution in [0, 0.1) is 5.92 Å². The van der Waals surface area contributed by atoms with Crippen LogP contribution in [0.2, 0.25) is 0 Å². The second kappa shape index (κ2) is 9.78. The van der Waals surface area contributed by atoms with Gasteiger partial charge in [0.1, 0.15) is 16.2 Å². The standard InChI is InChI=1S/C23H28N6O6S3/c1-13(2)8-9-29-22(31)18(20(30)19(26-29)16-11-24-12-36-16)21-25-15-7-6-14(10-17(15)37(32,33)28-21)27-38(34,35)23(3,4)5/h6-7,10-13,27,30H,8-9H2,1-5H3,(H,25,28). The molecule has 2 aromatic heterocycles. The summed E-state index contributed by atoms with van der Waals surface area (Å²) in [7, 11) is -8.11. The summed E-state index contributed by atoms with van der Waals surface area (Å²) in [6.45, 7) is 8.75. The normalized spacial score (nSPS) is 15.1. The molecule has 1 aliphatic rings. The molecular formula is C23H28N6O6S3. The van der Waals surface area contributed by atoms with E-state index in [1.807, 2.05) is 13.8 Å². The van der Waals surface area contributed by atoms with Crippen molar-refractivity contribution in [3.8, 4) is 16.3 Å². The van der Waals surface area contributed by atoms with Gasteiger partial charge in [0, 0.05) is 12.7 Å². The van der Waals surface area contributed by atoms with Crippen molar-refractivity contribution < 1.29 is 21.9 Å². The van der Waals surface area contributed by atoms with Crippen LogP contribution in [-0.2, 0) is 26.6 Å². The molecule has 0 atom stereocenters. The van der Waals surface area contributed by atoms with Crippen LogP contribution in [0.3, 0.4) is 0 Å². The molecule has 0 fully saturated rings. The predicted octanol–water partition coefficient (Wildman–Crippen LogP) is 3.03. The van der Waals surface area contributed by atoms with Crippen molar-refractivity contribution in [3.05, 3.63) is 45.8 Å². The summed E-state index contributed by atoms with van der Waals surface area (Å²) < 4.78 is 56.2. The van der Waals surface area contributed by atoms with Gasteiger partial charge in [-0.1, -0.05) is 13.8 Å². The lowest BCUT2D eigenvalue weighted by Gasteiger charge is -2.22. The van der Waals surface area contributed by atoms with E-state index < -0.39 is 36.1 Å². The van der Waals surface area contributed by atoms with Crippen LogP contribution < -0.4 is 15.0 Å². The minimum absolute atomic E-state index is 0.0267. The Morgan fingerprint density at radius 3 is 2.55 bits per heavy atom. The van der Waals surface area contributed by atoms with Crippen LogP contribution in [0.1, 0.15) is 46.6 Å². The van der Waals surface area contributed by atoms with Crippen LogP contribution in [0.4, 0.5) is 11.4 Å². The Kier molecular flexibility index (Phi) is 7.14. The van der Waals surface area contributed by atoms with Gasteiger partial charge in [0.2, 0.25) is 10.0 Å². The molecule has 3 aromatic rings. The zero-order chi connectivity index (χ0) is 28.0. The van der Waals surface area contributed by atoms with Crippen molar-refractivity contribution in [2.45, 2.75) is 57.2 Å². The number of hydrogen-bond acceptors (Lipinski definition) is 10. The topological polar surface area (TPSA) is 173 Å². The highest BCUT2D eigenvalue weighted by atomic mass is 32.2. The summed E-state index contributed by atoms with van der Waals surface area (Å²) in [6, 6.07) is 3.85. The number of aromatic hydroxyl groups is 1. The number of anilines is 1. The van der Waals surface area contributed by atoms with Crippen molar-refractivity contribution in [3.63, 3.8) is 0 Å². The van der Waals surface area contributed by atoms with Gasteiger partial charge in [-0.3, -0.25) is 19.2 Å². The predicted molar refractivity (Wildman–Crippen MR) is 146 cm³/mol. The molecular weight excluding hydrogens is 552 g/mol. The molecule has 0 unspecified atom stereocenters. The van der Waals surface area contributed by atoms with Crippen LogP contribution in [0.15, 0.2) is 44.6 Å². The zero-order valence-electron chi connectivity index (χ0n) is 21.4. The third-order valence-electron chi connectivity index (χ3n) is 5.72. The zero-order valence-corrected chi connectivity index (χ0v) is 23.8. The van der Waals surface area contributed by atoms with Crippen molar-refractivity contribution >= 4 is 48.6 Å². The molecule has 4 rings (SSSR count). The fourth-order valence-corrected chi connectivity index (χ4v) is 5.97. The Hall–Kier alpha value is -3.30. The van der Waals surface area contributed by atoms with Crippen LogP contribution >= 0.6 is 11.3 Å². The first-order valence-corrected chi connectivity index (χ1v) is 15.5. The van der Waals surface area contributed by atoms with Crippen LogP contribution in [0.25, 0.3) is 10.6 Å². The summed E-state index contributed by atoms with van der Waals surface area (Å²) in [5.41, 5.74) is 0.571. The molecule has 1 aliphatic heterocycles. The highest BCUT2D eigenvalue weighted by molar-refractivity contribution is 7.94. The number of hydrogen-bond donors (Lipinski definition) is 3. The van der Waals surface area contributed by atoms with Gasteiger partial charge in [0.15, 0.2) is 11.6 Å². The van der Waals surface area contributed by atoms with E-state index >= 15 is 0 Å². The maximum Gasteiger partial charge on any atom is 0.281 e. The number of aliphatic imine (C=N–C) groups is 1. The van der Waals surface area contributed by atoms with E-state index in [0.717, 1.165) is 6.07 Å². The fraction of sp³-hybridized carbons (Fsp3) is 0.391. The molecule has 15 heteroatoms. The second-order valence-corrected chi connectivity index (χ2v) is 15.1. The monoisotopic (exact) mass is 580 g/mol. The number of rotatable bonds is 7. The summed E-state index contributed by atoms with van der Waals surface area (Å²) in [4.78, 5) is 21.9. The van der Waals surface area contributed by atoms with Gasteiger partial charge < -0.3 is 5.11 Å². The van der Waals surface area contributed by atoms with Crippen molar-refractivity contribution in [2.24, 2.45) is 10.9 Å². The van der Waals surface area contributed by atoms with Crippen LogP contribution in [-0.4, -0.2) is 47.3 Å². The third kappa shape index (κ3) is 5.31. The Morgan fingerprint density at radius 2 is 1.95 bits per heavy atom. The molecule has 3 heterocycles. The molecule has 12 nitrogen and oxygen atoms in total. The summed E-state index contributed by atoms with van der Waals surface area (Å²) in [5.74, 6) is -0.635. The van der Waals surface area contributed by atoms with Gasteiger partial charge in [-0.15, -0.1) is 11.3 Å².